The minimum atomic E-state index is 0.764. The molecule has 0 spiro atoms. The van der Waals surface area contributed by atoms with Crippen LogP contribution in [0.5, 0.6) is 0 Å². The summed E-state index contributed by atoms with van der Waals surface area (Å²) in [6.07, 6.45) is 2.01. The molecule has 0 aliphatic carbocycles. The maximum absolute atomic E-state index is 5.50. The average molecular weight is 369 g/mol. The molecule has 1 aliphatic rings. The Kier molecular flexibility index (Phi) is 4.55. The van der Waals surface area contributed by atoms with E-state index in [0.29, 0.717) is 0 Å². The van der Waals surface area contributed by atoms with E-state index in [9.17, 15) is 0 Å². The number of fused-ring (bicyclic) bond motifs is 1. The molecule has 0 amide bonds. The van der Waals surface area contributed by atoms with Gasteiger partial charge < -0.3 is 14.2 Å². The lowest BCUT2D eigenvalue weighted by atomic mass is 10.1. The quantitative estimate of drug-likeness (QED) is 0.527. The maximum atomic E-state index is 5.50. The third-order valence-electron chi connectivity index (χ3n) is 5.36. The van der Waals surface area contributed by atoms with Crippen molar-refractivity contribution in [1.82, 2.24) is 9.55 Å². The molecule has 0 saturated carbocycles. The molecule has 28 heavy (non-hydrogen) atoms. The van der Waals surface area contributed by atoms with Crippen molar-refractivity contribution in [2.75, 3.05) is 31.2 Å². The van der Waals surface area contributed by atoms with Crippen molar-refractivity contribution in [2.45, 2.75) is 6.54 Å². The lowest BCUT2D eigenvalue weighted by Gasteiger charge is -2.27. The molecule has 0 unspecified atom stereocenters. The van der Waals surface area contributed by atoms with Gasteiger partial charge in [-0.2, -0.15) is 0 Å². The third-order valence-corrected chi connectivity index (χ3v) is 5.36. The second-order valence-corrected chi connectivity index (χ2v) is 7.17. The Morgan fingerprint density at radius 1 is 0.857 bits per heavy atom. The molecule has 140 valence electrons. The first-order valence-corrected chi connectivity index (χ1v) is 9.80. The van der Waals surface area contributed by atoms with Crippen LogP contribution in [0.1, 0.15) is 5.56 Å². The van der Waals surface area contributed by atoms with Gasteiger partial charge in [0.2, 0.25) is 0 Å². The Bertz CT molecular complexity index is 1070. The summed E-state index contributed by atoms with van der Waals surface area (Å²) in [6.45, 7) is 4.15. The molecule has 0 N–H and O–H groups in total. The van der Waals surface area contributed by atoms with Crippen LogP contribution in [0.15, 0.2) is 79.0 Å². The smallest absolute Gasteiger partial charge is 0.130 e. The van der Waals surface area contributed by atoms with Gasteiger partial charge in [-0.1, -0.05) is 60.7 Å². The molecule has 0 radical (unpaired) electrons. The summed E-state index contributed by atoms with van der Waals surface area (Å²) in [6, 6.07) is 25.7. The zero-order chi connectivity index (χ0) is 18.8. The minimum absolute atomic E-state index is 0.764. The van der Waals surface area contributed by atoms with E-state index in [-0.39, 0.29) is 0 Å². The van der Waals surface area contributed by atoms with Gasteiger partial charge in [0.25, 0.3) is 0 Å². The molecular weight excluding hydrogens is 346 g/mol. The van der Waals surface area contributed by atoms with Crippen LogP contribution >= 0.6 is 0 Å². The third kappa shape index (κ3) is 3.27. The number of morpholine rings is 1. The topological polar surface area (TPSA) is 30.3 Å². The maximum Gasteiger partial charge on any atom is 0.130 e. The van der Waals surface area contributed by atoms with Crippen molar-refractivity contribution in [3.8, 4) is 11.3 Å². The van der Waals surface area contributed by atoms with Gasteiger partial charge in [0.1, 0.15) is 5.82 Å². The largest absolute Gasteiger partial charge is 0.378 e. The van der Waals surface area contributed by atoms with E-state index in [0.717, 1.165) is 38.7 Å². The predicted molar refractivity (Wildman–Crippen MR) is 114 cm³/mol. The summed E-state index contributed by atoms with van der Waals surface area (Å²) in [5.41, 5.74) is 4.96. The molecule has 4 heteroatoms. The highest BCUT2D eigenvalue weighted by Crippen LogP contribution is 2.31. The number of hydrogen-bond acceptors (Lipinski definition) is 3. The Morgan fingerprint density at radius 3 is 2.32 bits per heavy atom. The van der Waals surface area contributed by atoms with Crippen molar-refractivity contribution >= 4 is 16.7 Å². The SMILES string of the molecule is c1ccc(Cn2c(-c3ccccc3)cc3cnc(N4CCOCC4)cc32)cc1. The summed E-state index contributed by atoms with van der Waals surface area (Å²) in [7, 11) is 0. The zero-order valence-corrected chi connectivity index (χ0v) is 15.8. The normalized spacial score (nSPS) is 14.5. The van der Waals surface area contributed by atoms with Gasteiger partial charge in [-0.3, -0.25) is 0 Å². The number of hydrogen-bond donors (Lipinski definition) is 0. The van der Waals surface area contributed by atoms with Gasteiger partial charge >= 0.3 is 0 Å². The van der Waals surface area contributed by atoms with Crippen molar-refractivity contribution < 1.29 is 4.74 Å². The van der Waals surface area contributed by atoms with Crippen LogP contribution < -0.4 is 4.90 Å². The van der Waals surface area contributed by atoms with Crippen LogP contribution in [0.3, 0.4) is 0 Å². The van der Waals surface area contributed by atoms with E-state index in [1.165, 1.54) is 27.7 Å². The molecule has 1 aliphatic heterocycles. The molecule has 2 aromatic heterocycles. The van der Waals surface area contributed by atoms with Crippen LogP contribution in [-0.2, 0) is 11.3 Å². The Labute approximate surface area is 165 Å². The molecule has 3 heterocycles. The molecular formula is C24H23N3O. The van der Waals surface area contributed by atoms with Gasteiger partial charge in [0.05, 0.1) is 18.7 Å². The fraction of sp³-hybridized carbons (Fsp3) is 0.208. The fourth-order valence-corrected chi connectivity index (χ4v) is 3.89. The first kappa shape index (κ1) is 17.0. The summed E-state index contributed by atoms with van der Waals surface area (Å²) in [5, 5.41) is 1.17. The molecule has 4 aromatic rings. The second-order valence-electron chi connectivity index (χ2n) is 7.17. The van der Waals surface area contributed by atoms with Crippen LogP contribution in [0.2, 0.25) is 0 Å². The zero-order valence-electron chi connectivity index (χ0n) is 15.8. The van der Waals surface area contributed by atoms with Crippen molar-refractivity contribution in [2.24, 2.45) is 0 Å². The van der Waals surface area contributed by atoms with E-state index in [1.54, 1.807) is 0 Å². The van der Waals surface area contributed by atoms with Gasteiger partial charge in [-0.05, 0) is 17.2 Å². The van der Waals surface area contributed by atoms with Gasteiger partial charge in [0, 0.05) is 43.0 Å². The van der Waals surface area contributed by atoms with E-state index in [2.05, 4.69) is 82.3 Å². The van der Waals surface area contributed by atoms with Gasteiger partial charge in [-0.15, -0.1) is 0 Å². The highest BCUT2D eigenvalue weighted by atomic mass is 16.5. The standard InChI is InChI=1S/C24H23N3O/c1-3-7-19(8-4-1)18-27-22(20-9-5-2-6-10-20)15-21-17-25-24(16-23(21)27)26-11-13-28-14-12-26/h1-10,15-17H,11-14,18H2. The van der Waals surface area contributed by atoms with E-state index in [4.69, 9.17) is 9.72 Å². The monoisotopic (exact) mass is 369 g/mol. The Morgan fingerprint density at radius 2 is 1.57 bits per heavy atom. The lowest BCUT2D eigenvalue weighted by Crippen LogP contribution is -2.36. The van der Waals surface area contributed by atoms with E-state index in [1.807, 2.05) is 6.20 Å². The predicted octanol–water partition coefficient (Wildman–Crippen LogP) is 4.59. The second kappa shape index (κ2) is 7.49. The molecule has 0 bridgehead atoms. The number of pyridine rings is 1. The first-order valence-electron chi connectivity index (χ1n) is 9.80. The lowest BCUT2D eigenvalue weighted by molar-refractivity contribution is 0.122. The summed E-state index contributed by atoms with van der Waals surface area (Å²) in [4.78, 5) is 7.05. The van der Waals surface area contributed by atoms with Crippen molar-refractivity contribution in [1.29, 1.82) is 0 Å². The average Bonchev–Trinajstić information content (AvgIpc) is 3.13. The molecule has 1 fully saturated rings. The Hall–Kier alpha value is -3.11. The van der Waals surface area contributed by atoms with E-state index >= 15 is 0 Å². The number of nitrogens with zero attached hydrogens (tertiary/aromatic N) is 3. The highest BCUT2D eigenvalue weighted by Gasteiger charge is 2.16. The van der Waals surface area contributed by atoms with E-state index < -0.39 is 0 Å². The fourth-order valence-electron chi connectivity index (χ4n) is 3.89. The highest BCUT2D eigenvalue weighted by molar-refractivity contribution is 5.88. The molecule has 1 saturated heterocycles. The van der Waals surface area contributed by atoms with Crippen LogP contribution in [0.4, 0.5) is 5.82 Å². The number of aromatic nitrogens is 2. The van der Waals surface area contributed by atoms with Crippen molar-refractivity contribution in [3.63, 3.8) is 0 Å². The molecule has 4 nitrogen and oxygen atoms in total. The van der Waals surface area contributed by atoms with Crippen LogP contribution in [0.25, 0.3) is 22.2 Å². The van der Waals surface area contributed by atoms with Crippen molar-refractivity contribution in [3.05, 3.63) is 84.6 Å². The molecule has 0 atom stereocenters. The summed E-state index contributed by atoms with van der Waals surface area (Å²) >= 11 is 0. The van der Waals surface area contributed by atoms with Gasteiger partial charge in [0.15, 0.2) is 0 Å². The van der Waals surface area contributed by atoms with Gasteiger partial charge in [-0.25, -0.2) is 4.98 Å². The first-order chi connectivity index (χ1) is 13.9. The number of benzene rings is 2. The number of ether oxygens (including phenoxy) is 1. The summed E-state index contributed by atoms with van der Waals surface area (Å²) in [5.74, 6) is 1.03. The number of rotatable bonds is 4. The number of anilines is 1. The Balaban J connectivity index is 1.64. The molecule has 5 rings (SSSR count). The van der Waals surface area contributed by atoms with Crippen LogP contribution in [0, 0.1) is 0 Å². The summed E-state index contributed by atoms with van der Waals surface area (Å²) < 4.78 is 7.91. The molecule has 2 aromatic carbocycles. The minimum Gasteiger partial charge on any atom is -0.378 e. The van der Waals surface area contributed by atoms with Crippen LogP contribution in [-0.4, -0.2) is 35.9 Å².